The molecule has 3 atom stereocenters. The van der Waals surface area contributed by atoms with Crippen LogP contribution in [0.4, 0.5) is 5.82 Å². The minimum Gasteiger partial charge on any atom is -0.382 e. The summed E-state index contributed by atoms with van der Waals surface area (Å²) in [6, 6.07) is 1.31. The molecule has 1 aromatic rings. The highest BCUT2D eigenvalue weighted by molar-refractivity contribution is 7.89. The second kappa shape index (κ2) is 5.87. The van der Waals surface area contributed by atoms with Gasteiger partial charge in [0.25, 0.3) is 0 Å². The van der Waals surface area contributed by atoms with E-state index in [2.05, 4.69) is 23.6 Å². The summed E-state index contributed by atoms with van der Waals surface area (Å²) in [5.74, 6) is 1.29. The lowest BCUT2D eigenvalue weighted by Crippen LogP contribution is -2.39. The molecule has 1 aliphatic carbocycles. The van der Waals surface area contributed by atoms with Crippen molar-refractivity contribution in [1.29, 1.82) is 0 Å². The summed E-state index contributed by atoms with van der Waals surface area (Å²) in [5, 5.41) is 0.151. The average molecular weight is 318 g/mol. The topological polar surface area (TPSA) is 85.1 Å². The van der Waals surface area contributed by atoms with Gasteiger partial charge in [0.15, 0.2) is 0 Å². The van der Waals surface area contributed by atoms with E-state index >= 15 is 0 Å². The van der Waals surface area contributed by atoms with E-state index in [1.165, 1.54) is 12.3 Å². The van der Waals surface area contributed by atoms with Crippen molar-refractivity contribution in [3.05, 3.63) is 17.3 Å². The summed E-state index contributed by atoms with van der Waals surface area (Å²) in [6.45, 7) is 4.37. The normalized spacial score (nSPS) is 27.4. The number of pyridine rings is 1. The molecule has 0 amide bonds. The van der Waals surface area contributed by atoms with Gasteiger partial charge < -0.3 is 5.73 Å². The molecule has 7 heteroatoms. The van der Waals surface area contributed by atoms with Crippen molar-refractivity contribution in [2.75, 3.05) is 5.73 Å². The fourth-order valence-electron chi connectivity index (χ4n) is 2.52. The number of sulfonamides is 1. The molecule has 112 valence electrons. The van der Waals surface area contributed by atoms with E-state index in [1.54, 1.807) is 0 Å². The Morgan fingerprint density at radius 3 is 2.65 bits per heavy atom. The zero-order chi connectivity index (χ0) is 14.9. The van der Waals surface area contributed by atoms with Crippen molar-refractivity contribution in [2.45, 2.75) is 44.0 Å². The molecule has 0 saturated heterocycles. The predicted octanol–water partition coefficient (Wildman–Crippen LogP) is 2.42. The third-order valence-corrected chi connectivity index (χ3v) is 5.87. The molecule has 2 rings (SSSR count). The standard InChI is InChI=1S/C13H20ClN3O2S/c1-8-3-4-10(5-9(8)2)17-20(18,19)11-6-12(14)13(15)16-7-11/h6-10,17H,3-5H2,1-2H3,(H2,15,16). The van der Waals surface area contributed by atoms with Gasteiger partial charge in [-0.15, -0.1) is 0 Å². The molecule has 1 heterocycles. The van der Waals surface area contributed by atoms with E-state index in [-0.39, 0.29) is 21.8 Å². The lowest BCUT2D eigenvalue weighted by molar-refractivity contribution is 0.242. The van der Waals surface area contributed by atoms with Crippen LogP contribution in [0.25, 0.3) is 0 Å². The van der Waals surface area contributed by atoms with Gasteiger partial charge in [-0.1, -0.05) is 25.4 Å². The lowest BCUT2D eigenvalue weighted by Gasteiger charge is -2.32. The molecule has 0 bridgehead atoms. The lowest BCUT2D eigenvalue weighted by atomic mass is 9.79. The van der Waals surface area contributed by atoms with E-state index in [9.17, 15) is 8.42 Å². The first kappa shape index (κ1) is 15.5. The van der Waals surface area contributed by atoms with Gasteiger partial charge >= 0.3 is 0 Å². The molecular weight excluding hydrogens is 298 g/mol. The Morgan fingerprint density at radius 2 is 2.05 bits per heavy atom. The second-order valence-electron chi connectivity index (χ2n) is 5.62. The number of nitrogen functional groups attached to an aromatic ring is 1. The van der Waals surface area contributed by atoms with Crippen LogP contribution in [0.5, 0.6) is 0 Å². The molecular formula is C13H20ClN3O2S. The molecule has 1 aromatic heterocycles. The number of halogens is 1. The summed E-state index contributed by atoms with van der Waals surface area (Å²) in [7, 11) is -3.59. The van der Waals surface area contributed by atoms with Gasteiger partial charge in [-0.25, -0.2) is 18.1 Å². The number of anilines is 1. The Hall–Kier alpha value is -0.850. The predicted molar refractivity (Wildman–Crippen MR) is 79.9 cm³/mol. The molecule has 0 aliphatic heterocycles. The van der Waals surface area contributed by atoms with Crippen LogP contribution in [0.3, 0.4) is 0 Å². The van der Waals surface area contributed by atoms with E-state index in [0.717, 1.165) is 19.3 Å². The van der Waals surface area contributed by atoms with Gasteiger partial charge in [-0.2, -0.15) is 0 Å². The molecule has 0 spiro atoms. The Kier molecular flexibility index (Phi) is 4.56. The first-order chi connectivity index (χ1) is 9.29. The molecule has 20 heavy (non-hydrogen) atoms. The van der Waals surface area contributed by atoms with Crippen LogP contribution in [0.1, 0.15) is 33.1 Å². The van der Waals surface area contributed by atoms with Gasteiger partial charge in [0.05, 0.1) is 5.02 Å². The van der Waals surface area contributed by atoms with Gasteiger partial charge in [0, 0.05) is 12.2 Å². The molecule has 1 saturated carbocycles. The summed E-state index contributed by atoms with van der Waals surface area (Å²) in [4.78, 5) is 3.85. The highest BCUT2D eigenvalue weighted by Crippen LogP contribution is 2.30. The van der Waals surface area contributed by atoms with Crippen LogP contribution < -0.4 is 10.5 Å². The number of hydrogen-bond acceptors (Lipinski definition) is 4. The number of nitrogens with one attached hydrogen (secondary N) is 1. The summed E-state index contributed by atoms with van der Waals surface area (Å²) in [6.07, 6.45) is 3.99. The maximum absolute atomic E-state index is 12.3. The first-order valence-electron chi connectivity index (χ1n) is 6.73. The highest BCUT2D eigenvalue weighted by Gasteiger charge is 2.28. The molecule has 1 aliphatic rings. The monoisotopic (exact) mass is 317 g/mol. The van der Waals surface area contributed by atoms with Gasteiger partial charge in [0.2, 0.25) is 10.0 Å². The zero-order valence-corrected chi connectivity index (χ0v) is 13.2. The van der Waals surface area contributed by atoms with Crippen molar-refractivity contribution in [2.24, 2.45) is 11.8 Å². The minimum absolute atomic E-state index is 0.0254. The molecule has 5 nitrogen and oxygen atoms in total. The molecule has 0 aromatic carbocycles. The van der Waals surface area contributed by atoms with E-state index < -0.39 is 10.0 Å². The quantitative estimate of drug-likeness (QED) is 0.896. The summed E-state index contributed by atoms with van der Waals surface area (Å²) < 4.78 is 27.3. The van der Waals surface area contributed by atoms with E-state index in [1.807, 2.05) is 0 Å². The number of hydrogen-bond donors (Lipinski definition) is 2. The fourth-order valence-corrected chi connectivity index (χ4v) is 4.00. The van der Waals surface area contributed by atoms with Gasteiger partial charge in [-0.05, 0) is 37.2 Å². The zero-order valence-electron chi connectivity index (χ0n) is 11.6. The van der Waals surface area contributed by atoms with Gasteiger partial charge in [-0.3, -0.25) is 0 Å². The average Bonchev–Trinajstić information content (AvgIpc) is 2.37. The van der Waals surface area contributed by atoms with Crippen LogP contribution in [0, 0.1) is 11.8 Å². The smallest absolute Gasteiger partial charge is 0.242 e. The number of rotatable bonds is 3. The SMILES string of the molecule is CC1CCC(NS(=O)(=O)c2cnc(N)c(Cl)c2)CC1C. The number of nitrogens with zero attached hydrogens (tertiary/aromatic N) is 1. The van der Waals surface area contributed by atoms with Crippen molar-refractivity contribution in [3.63, 3.8) is 0 Å². The molecule has 3 unspecified atom stereocenters. The summed E-state index contributed by atoms with van der Waals surface area (Å²) in [5.41, 5.74) is 5.49. The third kappa shape index (κ3) is 3.42. The van der Waals surface area contributed by atoms with Gasteiger partial charge in [0.1, 0.15) is 10.7 Å². The van der Waals surface area contributed by atoms with Crippen LogP contribution in [-0.4, -0.2) is 19.4 Å². The van der Waals surface area contributed by atoms with Crippen LogP contribution in [0.15, 0.2) is 17.2 Å². The van der Waals surface area contributed by atoms with Crippen molar-refractivity contribution >= 4 is 27.4 Å². The maximum Gasteiger partial charge on any atom is 0.242 e. The van der Waals surface area contributed by atoms with E-state index in [0.29, 0.717) is 11.8 Å². The van der Waals surface area contributed by atoms with Crippen LogP contribution >= 0.6 is 11.6 Å². The van der Waals surface area contributed by atoms with E-state index in [4.69, 9.17) is 17.3 Å². The maximum atomic E-state index is 12.3. The van der Waals surface area contributed by atoms with Crippen molar-refractivity contribution in [1.82, 2.24) is 9.71 Å². The van der Waals surface area contributed by atoms with Crippen LogP contribution in [0.2, 0.25) is 5.02 Å². The Balaban J connectivity index is 2.13. The largest absolute Gasteiger partial charge is 0.382 e. The third-order valence-electron chi connectivity index (χ3n) is 4.07. The van der Waals surface area contributed by atoms with Crippen molar-refractivity contribution < 1.29 is 8.42 Å². The Bertz CT molecular complexity index is 591. The number of aromatic nitrogens is 1. The minimum atomic E-state index is -3.59. The Morgan fingerprint density at radius 1 is 1.35 bits per heavy atom. The molecule has 1 fully saturated rings. The number of nitrogens with two attached hydrogens (primary N) is 1. The summed E-state index contributed by atoms with van der Waals surface area (Å²) >= 11 is 5.83. The van der Waals surface area contributed by atoms with Crippen molar-refractivity contribution in [3.8, 4) is 0 Å². The van der Waals surface area contributed by atoms with Crippen LogP contribution in [-0.2, 0) is 10.0 Å². The molecule has 3 N–H and O–H groups in total. The Labute approximate surface area is 125 Å². The second-order valence-corrected chi connectivity index (χ2v) is 7.75. The molecule has 0 radical (unpaired) electrons. The first-order valence-corrected chi connectivity index (χ1v) is 8.59. The highest BCUT2D eigenvalue weighted by atomic mass is 35.5. The fraction of sp³-hybridized carbons (Fsp3) is 0.615.